The average Bonchev–Trinajstić information content (AvgIpc) is 2.73. The number of fused-ring (bicyclic) bond motifs is 2. The van der Waals surface area contributed by atoms with E-state index in [1.165, 1.54) is 23.5 Å². The van der Waals surface area contributed by atoms with Gasteiger partial charge in [0.15, 0.2) is 0 Å². The fraction of sp³-hybridized carbons (Fsp3) is 0.571. The van der Waals surface area contributed by atoms with Gasteiger partial charge in [-0.15, -0.1) is 23.5 Å². The normalized spacial score (nSPS) is 24.9. The van der Waals surface area contributed by atoms with Gasteiger partial charge in [0.25, 0.3) is 0 Å². The Hall–Kier alpha value is -0.0800. The highest BCUT2D eigenvalue weighted by atomic mass is 32.2. The van der Waals surface area contributed by atoms with E-state index in [0.29, 0.717) is 9.49 Å². The van der Waals surface area contributed by atoms with Crippen LogP contribution >= 0.6 is 23.5 Å². The highest BCUT2D eigenvalue weighted by molar-refractivity contribution is 8.20. The van der Waals surface area contributed by atoms with E-state index in [9.17, 15) is 0 Å². The molecule has 1 aromatic carbocycles. The van der Waals surface area contributed by atoms with Crippen molar-refractivity contribution in [2.45, 2.75) is 31.3 Å². The van der Waals surface area contributed by atoms with E-state index in [0.717, 1.165) is 0 Å². The minimum absolute atomic E-state index is 0.343. The number of benzene rings is 1. The first-order chi connectivity index (χ1) is 7.55. The second kappa shape index (κ2) is 3.46. The molecule has 0 amide bonds. The van der Waals surface area contributed by atoms with Crippen molar-refractivity contribution in [2.75, 3.05) is 11.5 Å². The van der Waals surface area contributed by atoms with Gasteiger partial charge in [-0.2, -0.15) is 0 Å². The van der Waals surface area contributed by atoms with Gasteiger partial charge < -0.3 is 0 Å². The Morgan fingerprint density at radius 2 is 1.81 bits per heavy atom. The fourth-order valence-electron chi connectivity index (χ4n) is 3.11. The summed E-state index contributed by atoms with van der Waals surface area (Å²) in [5.41, 5.74) is 5.00. The van der Waals surface area contributed by atoms with Crippen LogP contribution in [0.25, 0.3) is 0 Å². The summed E-state index contributed by atoms with van der Waals surface area (Å²) in [6.45, 7) is 7.08. The highest BCUT2D eigenvalue weighted by Crippen LogP contribution is 2.66. The first-order valence-electron chi connectivity index (χ1n) is 5.93. The quantitative estimate of drug-likeness (QED) is 0.676. The molecule has 1 saturated heterocycles. The topological polar surface area (TPSA) is 0 Å². The lowest BCUT2D eigenvalue weighted by Crippen LogP contribution is -2.30. The van der Waals surface area contributed by atoms with Crippen LogP contribution in [0.3, 0.4) is 0 Å². The standard InChI is InChI=1S/C14H18S2/c1-10-4-5-12-11(8-10)9-13(2,3)14(12)15-6-7-16-14/h4-5,8H,6-7,9H2,1-3H3. The summed E-state index contributed by atoms with van der Waals surface area (Å²) < 4.78 is 0.343. The molecule has 1 aromatic rings. The molecule has 0 bridgehead atoms. The molecule has 16 heavy (non-hydrogen) atoms. The zero-order chi connectivity index (χ0) is 11.4. The Kier molecular flexibility index (Phi) is 2.38. The fourth-order valence-corrected chi connectivity index (χ4v) is 6.82. The molecule has 0 radical (unpaired) electrons. The summed E-state index contributed by atoms with van der Waals surface area (Å²) in [5.74, 6) is 2.61. The Balaban J connectivity index is 2.18. The van der Waals surface area contributed by atoms with E-state index in [2.05, 4.69) is 62.5 Å². The highest BCUT2D eigenvalue weighted by Gasteiger charge is 2.54. The van der Waals surface area contributed by atoms with Gasteiger partial charge in [0, 0.05) is 11.5 Å². The van der Waals surface area contributed by atoms with Gasteiger partial charge in [0.2, 0.25) is 0 Å². The lowest BCUT2D eigenvalue weighted by molar-refractivity contribution is 0.361. The first kappa shape index (κ1) is 11.0. The number of hydrogen-bond acceptors (Lipinski definition) is 2. The zero-order valence-electron chi connectivity index (χ0n) is 10.2. The third kappa shape index (κ3) is 1.32. The van der Waals surface area contributed by atoms with Gasteiger partial charge >= 0.3 is 0 Å². The van der Waals surface area contributed by atoms with Crippen LogP contribution < -0.4 is 0 Å². The molecule has 0 nitrogen and oxygen atoms in total. The average molecular weight is 250 g/mol. The number of aryl methyl sites for hydroxylation is 1. The minimum atomic E-state index is 0.343. The van der Waals surface area contributed by atoms with Crippen LogP contribution in [0.4, 0.5) is 0 Å². The van der Waals surface area contributed by atoms with E-state index in [1.54, 1.807) is 11.1 Å². The Labute approximate surface area is 107 Å². The molecule has 0 N–H and O–H groups in total. The van der Waals surface area contributed by atoms with Crippen molar-refractivity contribution in [2.24, 2.45) is 5.41 Å². The van der Waals surface area contributed by atoms with Crippen molar-refractivity contribution >= 4 is 23.5 Å². The van der Waals surface area contributed by atoms with Gasteiger partial charge in [0.05, 0.1) is 4.08 Å². The Bertz CT molecular complexity index is 428. The molecule has 0 unspecified atom stereocenters. The van der Waals surface area contributed by atoms with Gasteiger partial charge in [-0.3, -0.25) is 0 Å². The van der Waals surface area contributed by atoms with Crippen LogP contribution in [0.2, 0.25) is 0 Å². The van der Waals surface area contributed by atoms with Gasteiger partial charge in [-0.1, -0.05) is 37.6 Å². The van der Waals surface area contributed by atoms with E-state index < -0.39 is 0 Å². The van der Waals surface area contributed by atoms with Gasteiger partial charge in [0.1, 0.15) is 0 Å². The molecule has 0 aromatic heterocycles. The van der Waals surface area contributed by atoms with Crippen molar-refractivity contribution in [1.82, 2.24) is 0 Å². The van der Waals surface area contributed by atoms with Crippen molar-refractivity contribution in [3.05, 3.63) is 34.9 Å². The molecular formula is C14H18S2. The molecular weight excluding hydrogens is 232 g/mol. The Morgan fingerprint density at radius 1 is 1.12 bits per heavy atom. The van der Waals surface area contributed by atoms with Crippen LogP contribution in [0, 0.1) is 12.3 Å². The maximum atomic E-state index is 2.44. The summed E-state index contributed by atoms with van der Waals surface area (Å²) in [6.07, 6.45) is 1.24. The van der Waals surface area contributed by atoms with Gasteiger partial charge in [-0.05, 0) is 29.9 Å². The molecule has 2 heteroatoms. The first-order valence-corrected chi connectivity index (χ1v) is 7.90. The zero-order valence-corrected chi connectivity index (χ0v) is 11.8. The van der Waals surface area contributed by atoms with E-state index in [-0.39, 0.29) is 0 Å². The lowest BCUT2D eigenvalue weighted by atomic mass is 9.89. The lowest BCUT2D eigenvalue weighted by Gasteiger charge is -2.37. The van der Waals surface area contributed by atoms with Crippen molar-refractivity contribution in [3.8, 4) is 0 Å². The molecule has 3 rings (SSSR count). The smallest absolute Gasteiger partial charge is 0.0917 e. The maximum Gasteiger partial charge on any atom is 0.0917 e. The molecule has 1 heterocycles. The molecule has 1 fully saturated rings. The molecule has 1 aliphatic heterocycles. The maximum absolute atomic E-state index is 2.44. The van der Waals surface area contributed by atoms with Crippen LogP contribution in [0.5, 0.6) is 0 Å². The summed E-state index contributed by atoms with van der Waals surface area (Å²) in [6, 6.07) is 7.05. The molecule has 0 atom stereocenters. The molecule has 1 spiro atoms. The SMILES string of the molecule is Cc1ccc2c(c1)CC(C)(C)C21SCCS1. The van der Waals surface area contributed by atoms with E-state index in [4.69, 9.17) is 0 Å². The summed E-state index contributed by atoms with van der Waals surface area (Å²) >= 11 is 4.34. The molecule has 2 aliphatic rings. The van der Waals surface area contributed by atoms with Crippen LogP contribution in [-0.4, -0.2) is 11.5 Å². The second-order valence-corrected chi connectivity index (χ2v) is 8.41. The monoisotopic (exact) mass is 250 g/mol. The molecule has 1 aliphatic carbocycles. The van der Waals surface area contributed by atoms with Crippen LogP contribution in [0.15, 0.2) is 18.2 Å². The largest absolute Gasteiger partial charge is 0.138 e. The van der Waals surface area contributed by atoms with Crippen molar-refractivity contribution in [3.63, 3.8) is 0 Å². The number of hydrogen-bond donors (Lipinski definition) is 0. The Morgan fingerprint density at radius 3 is 2.50 bits per heavy atom. The van der Waals surface area contributed by atoms with Crippen molar-refractivity contribution in [1.29, 1.82) is 0 Å². The summed E-state index contributed by atoms with van der Waals surface area (Å²) in [5, 5.41) is 0. The second-order valence-electron chi connectivity index (χ2n) is 5.53. The summed E-state index contributed by atoms with van der Waals surface area (Å²) in [4.78, 5) is 0. The summed E-state index contributed by atoms with van der Waals surface area (Å²) in [7, 11) is 0. The van der Waals surface area contributed by atoms with E-state index >= 15 is 0 Å². The van der Waals surface area contributed by atoms with Crippen molar-refractivity contribution < 1.29 is 0 Å². The van der Waals surface area contributed by atoms with Crippen LogP contribution in [-0.2, 0) is 10.5 Å². The minimum Gasteiger partial charge on any atom is -0.138 e. The predicted octanol–water partition coefficient (Wildman–Crippen LogP) is 4.21. The third-order valence-corrected chi connectivity index (χ3v) is 7.97. The third-order valence-electron chi connectivity index (χ3n) is 3.83. The van der Waals surface area contributed by atoms with Gasteiger partial charge in [-0.25, -0.2) is 0 Å². The van der Waals surface area contributed by atoms with Crippen LogP contribution in [0.1, 0.15) is 30.5 Å². The van der Waals surface area contributed by atoms with E-state index in [1.807, 2.05) is 0 Å². The number of rotatable bonds is 0. The molecule has 0 saturated carbocycles. The predicted molar refractivity (Wildman–Crippen MR) is 75.3 cm³/mol. The molecule has 86 valence electrons. The number of thioether (sulfide) groups is 2.